The molecular formula is C14H15ClN2OS. The topological polar surface area (TPSA) is 42.0 Å². The fourth-order valence-electron chi connectivity index (χ4n) is 1.73. The normalized spacial score (nSPS) is 10.5. The Kier molecular flexibility index (Phi) is 4.56. The molecule has 0 unspecified atom stereocenters. The fourth-order valence-corrected chi connectivity index (χ4v) is 2.92. The number of rotatable bonds is 4. The number of aromatic nitrogens is 1. The van der Waals surface area contributed by atoms with Crippen molar-refractivity contribution in [2.24, 2.45) is 0 Å². The summed E-state index contributed by atoms with van der Waals surface area (Å²) in [7, 11) is 0. The second-order valence-corrected chi connectivity index (χ2v) is 5.79. The Labute approximate surface area is 121 Å². The maximum atomic E-state index is 10.8. The van der Waals surface area contributed by atoms with E-state index in [4.69, 9.17) is 11.6 Å². The zero-order chi connectivity index (χ0) is 13.8. The number of thiazole rings is 1. The van der Waals surface area contributed by atoms with Crippen LogP contribution in [0.1, 0.15) is 17.5 Å². The summed E-state index contributed by atoms with van der Waals surface area (Å²) in [5.74, 6) is 0.0000862. The predicted octanol–water partition coefficient (Wildman–Crippen LogP) is 3.45. The molecule has 100 valence electrons. The molecule has 2 rings (SSSR count). The molecule has 0 aliphatic rings. The lowest BCUT2D eigenvalue weighted by atomic mass is 10.2. The maximum absolute atomic E-state index is 10.8. The van der Waals surface area contributed by atoms with Gasteiger partial charge in [0.25, 0.3) is 0 Å². The first kappa shape index (κ1) is 14.0. The molecule has 3 nitrogen and oxygen atoms in total. The average molecular weight is 295 g/mol. The molecule has 5 heteroatoms. The molecule has 0 saturated heterocycles. The van der Waals surface area contributed by atoms with Crippen LogP contribution in [0, 0.1) is 6.92 Å². The molecular weight excluding hydrogens is 280 g/mol. The van der Waals surface area contributed by atoms with E-state index in [-0.39, 0.29) is 5.91 Å². The molecule has 1 aromatic carbocycles. The van der Waals surface area contributed by atoms with Gasteiger partial charge in [0.2, 0.25) is 5.91 Å². The Hall–Kier alpha value is -1.39. The molecule has 0 aliphatic heterocycles. The highest BCUT2D eigenvalue weighted by atomic mass is 35.5. The van der Waals surface area contributed by atoms with Crippen LogP contribution in [0.5, 0.6) is 0 Å². The van der Waals surface area contributed by atoms with Gasteiger partial charge in [-0.2, -0.15) is 0 Å². The van der Waals surface area contributed by atoms with Crippen LogP contribution in [0.2, 0.25) is 5.02 Å². The maximum Gasteiger partial charge on any atom is 0.216 e. The highest BCUT2D eigenvalue weighted by molar-refractivity contribution is 7.15. The first-order valence-corrected chi connectivity index (χ1v) is 7.22. The standard InChI is InChI=1S/C14H15ClN2OS/c1-9-13(7-8-16-10(2)18)19-14(17-9)11-3-5-12(15)6-4-11/h3-6H,7-8H2,1-2H3,(H,16,18). The third-order valence-corrected chi connectivity index (χ3v) is 4.23. The second kappa shape index (κ2) is 6.17. The molecule has 1 heterocycles. The van der Waals surface area contributed by atoms with Gasteiger partial charge in [-0.15, -0.1) is 11.3 Å². The van der Waals surface area contributed by atoms with Crippen LogP contribution in [0.4, 0.5) is 0 Å². The molecule has 0 bridgehead atoms. The van der Waals surface area contributed by atoms with Gasteiger partial charge in [0.15, 0.2) is 0 Å². The summed E-state index contributed by atoms with van der Waals surface area (Å²) < 4.78 is 0. The molecule has 1 aromatic heterocycles. The summed E-state index contributed by atoms with van der Waals surface area (Å²) in [6.07, 6.45) is 0.816. The van der Waals surface area contributed by atoms with Crippen molar-refractivity contribution in [3.63, 3.8) is 0 Å². The van der Waals surface area contributed by atoms with E-state index in [1.165, 1.54) is 11.8 Å². The lowest BCUT2D eigenvalue weighted by Gasteiger charge is -1.99. The van der Waals surface area contributed by atoms with Gasteiger partial charge in [-0.05, 0) is 19.1 Å². The molecule has 2 aromatic rings. The minimum atomic E-state index is 0.0000862. The van der Waals surface area contributed by atoms with E-state index in [2.05, 4.69) is 10.3 Å². The second-order valence-electron chi connectivity index (χ2n) is 4.27. The first-order valence-electron chi connectivity index (χ1n) is 6.03. The van der Waals surface area contributed by atoms with Crippen LogP contribution in [-0.2, 0) is 11.2 Å². The van der Waals surface area contributed by atoms with Crippen LogP contribution in [0.3, 0.4) is 0 Å². The number of nitrogens with one attached hydrogen (secondary N) is 1. The number of benzene rings is 1. The highest BCUT2D eigenvalue weighted by Gasteiger charge is 2.09. The van der Waals surface area contributed by atoms with Crippen LogP contribution >= 0.6 is 22.9 Å². The molecule has 0 radical (unpaired) electrons. The minimum Gasteiger partial charge on any atom is -0.356 e. The zero-order valence-corrected chi connectivity index (χ0v) is 12.4. The van der Waals surface area contributed by atoms with Gasteiger partial charge in [-0.3, -0.25) is 4.79 Å². The third kappa shape index (κ3) is 3.78. The summed E-state index contributed by atoms with van der Waals surface area (Å²) in [5.41, 5.74) is 2.10. The van der Waals surface area contributed by atoms with Crippen molar-refractivity contribution in [1.29, 1.82) is 0 Å². The van der Waals surface area contributed by atoms with Crippen molar-refractivity contribution >= 4 is 28.8 Å². The van der Waals surface area contributed by atoms with Gasteiger partial charge in [-0.1, -0.05) is 23.7 Å². The van der Waals surface area contributed by atoms with Gasteiger partial charge >= 0.3 is 0 Å². The zero-order valence-electron chi connectivity index (χ0n) is 10.9. The van der Waals surface area contributed by atoms with Gasteiger partial charge in [0, 0.05) is 35.4 Å². The Morgan fingerprint density at radius 2 is 2.05 bits per heavy atom. The largest absolute Gasteiger partial charge is 0.356 e. The number of halogens is 1. The molecule has 0 fully saturated rings. The fraction of sp³-hybridized carbons (Fsp3) is 0.286. The number of hydrogen-bond donors (Lipinski definition) is 1. The Morgan fingerprint density at radius 1 is 1.37 bits per heavy atom. The minimum absolute atomic E-state index is 0.0000862. The molecule has 0 aliphatic carbocycles. The van der Waals surface area contributed by atoms with Crippen LogP contribution < -0.4 is 5.32 Å². The van der Waals surface area contributed by atoms with E-state index in [1.54, 1.807) is 11.3 Å². The van der Waals surface area contributed by atoms with Gasteiger partial charge in [0.1, 0.15) is 5.01 Å². The summed E-state index contributed by atoms with van der Waals surface area (Å²) in [6.45, 7) is 4.18. The smallest absolute Gasteiger partial charge is 0.216 e. The molecule has 1 amide bonds. The van der Waals surface area contributed by atoms with E-state index in [9.17, 15) is 4.79 Å². The number of carbonyl (C=O) groups excluding carboxylic acids is 1. The number of aryl methyl sites for hydroxylation is 1. The van der Waals surface area contributed by atoms with E-state index >= 15 is 0 Å². The van der Waals surface area contributed by atoms with E-state index in [0.717, 1.165) is 27.7 Å². The number of hydrogen-bond acceptors (Lipinski definition) is 3. The highest BCUT2D eigenvalue weighted by Crippen LogP contribution is 2.28. The van der Waals surface area contributed by atoms with Crippen LogP contribution in [0.25, 0.3) is 10.6 Å². The number of nitrogens with zero attached hydrogens (tertiary/aromatic N) is 1. The van der Waals surface area contributed by atoms with Crippen molar-refractivity contribution in [2.45, 2.75) is 20.3 Å². The average Bonchev–Trinajstić information content (AvgIpc) is 2.71. The third-order valence-electron chi connectivity index (χ3n) is 2.71. The van der Waals surface area contributed by atoms with Crippen LogP contribution in [0.15, 0.2) is 24.3 Å². The number of amides is 1. The number of carbonyl (C=O) groups is 1. The SMILES string of the molecule is CC(=O)NCCc1sc(-c2ccc(Cl)cc2)nc1C. The van der Waals surface area contributed by atoms with Gasteiger partial charge < -0.3 is 5.32 Å². The molecule has 19 heavy (non-hydrogen) atoms. The summed E-state index contributed by atoms with van der Waals surface area (Å²) >= 11 is 7.54. The van der Waals surface area contributed by atoms with Crippen molar-refractivity contribution in [2.75, 3.05) is 6.54 Å². The van der Waals surface area contributed by atoms with Crippen molar-refractivity contribution in [3.8, 4) is 10.6 Å². The van der Waals surface area contributed by atoms with Crippen molar-refractivity contribution in [3.05, 3.63) is 39.9 Å². The summed E-state index contributed by atoms with van der Waals surface area (Å²) in [4.78, 5) is 16.6. The van der Waals surface area contributed by atoms with E-state index in [1.807, 2.05) is 31.2 Å². The van der Waals surface area contributed by atoms with Gasteiger partial charge in [0.05, 0.1) is 5.69 Å². The first-order chi connectivity index (χ1) is 9.06. The Morgan fingerprint density at radius 3 is 2.68 bits per heavy atom. The Balaban J connectivity index is 2.12. The quantitative estimate of drug-likeness (QED) is 0.938. The van der Waals surface area contributed by atoms with Gasteiger partial charge in [-0.25, -0.2) is 4.98 Å². The molecule has 0 atom stereocenters. The summed E-state index contributed by atoms with van der Waals surface area (Å²) in [5, 5.41) is 4.52. The van der Waals surface area contributed by atoms with Crippen molar-refractivity contribution < 1.29 is 4.79 Å². The lowest BCUT2D eigenvalue weighted by Crippen LogP contribution is -2.22. The monoisotopic (exact) mass is 294 g/mol. The predicted molar refractivity (Wildman–Crippen MR) is 79.7 cm³/mol. The molecule has 0 saturated carbocycles. The Bertz CT molecular complexity index is 578. The molecule has 1 N–H and O–H groups in total. The summed E-state index contributed by atoms with van der Waals surface area (Å²) in [6, 6.07) is 7.67. The van der Waals surface area contributed by atoms with Crippen molar-refractivity contribution in [1.82, 2.24) is 10.3 Å². The van der Waals surface area contributed by atoms with E-state index < -0.39 is 0 Å². The van der Waals surface area contributed by atoms with E-state index in [0.29, 0.717) is 6.54 Å². The van der Waals surface area contributed by atoms with Crippen LogP contribution in [-0.4, -0.2) is 17.4 Å². The lowest BCUT2D eigenvalue weighted by molar-refractivity contribution is -0.118. The molecule has 0 spiro atoms.